The number of carboxylic acid groups (broad SMARTS) is 1. The fourth-order valence-electron chi connectivity index (χ4n) is 3.87. The quantitative estimate of drug-likeness (QED) is 0.797. The highest BCUT2D eigenvalue weighted by Gasteiger charge is 2.38. The van der Waals surface area contributed by atoms with Crippen molar-refractivity contribution in [3.05, 3.63) is 53.1 Å². The van der Waals surface area contributed by atoms with Crippen LogP contribution < -0.4 is 4.74 Å². The van der Waals surface area contributed by atoms with Gasteiger partial charge in [0.15, 0.2) is 0 Å². The van der Waals surface area contributed by atoms with Gasteiger partial charge in [0, 0.05) is 5.56 Å². The van der Waals surface area contributed by atoms with E-state index >= 15 is 0 Å². The molecule has 1 N–H and O–H groups in total. The van der Waals surface area contributed by atoms with Crippen molar-refractivity contribution in [2.45, 2.75) is 45.1 Å². The van der Waals surface area contributed by atoms with Crippen LogP contribution in [0.4, 0.5) is 0 Å². The predicted octanol–water partition coefficient (Wildman–Crippen LogP) is 4.87. The molecule has 0 aromatic heterocycles. The molecule has 0 bridgehead atoms. The highest BCUT2D eigenvalue weighted by Crippen LogP contribution is 2.45. The molecule has 3 heteroatoms. The zero-order valence-electron chi connectivity index (χ0n) is 15.0. The molecule has 1 heterocycles. The van der Waals surface area contributed by atoms with Crippen LogP contribution in [-0.4, -0.2) is 16.7 Å². The van der Waals surface area contributed by atoms with Crippen LogP contribution in [0.5, 0.6) is 5.75 Å². The first kappa shape index (κ1) is 17.1. The van der Waals surface area contributed by atoms with Crippen molar-refractivity contribution in [2.24, 2.45) is 0 Å². The molecular formula is C22H22O3. The van der Waals surface area contributed by atoms with Crippen molar-refractivity contribution in [1.29, 1.82) is 0 Å². The van der Waals surface area contributed by atoms with Gasteiger partial charge in [-0.3, -0.25) is 0 Å². The van der Waals surface area contributed by atoms with E-state index < -0.39 is 5.97 Å². The zero-order chi connectivity index (χ0) is 18.4. The van der Waals surface area contributed by atoms with E-state index in [2.05, 4.69) is 39.7 Å². The topological polar surface area (TPSA) is 46.5 Å². The van der Waals surface area contributed by atoms with E-state index in [9.17, 15) is 9.90 Å². The van der Waals surface area contributed by atoms with E-state index in [1.807, 2.05) is 12.1 Å². The zero-order valence-corrected chi connectivity index (χ0v) is 15.0. The van der Waals surface area contributed by atoms with Gasteiger partial charge in [-0.05, 0) is 60.6 Å². The Morgan fingerprint density at radius 3 is 2.40 bits per heavy atom. The minimum absolute atomic E-state index is 0.0345. The molecule has 0 radical (unpaired) electrons. The summed E-state index contributed by atoms with van der Waals surface area (Å²) in [6.45, 7) is 8.66. The molecule has 2 aromatic carbocycles. The Morgan fingerprint density at radius 2 is 1.76 bits per heavy atom. The molecule has 1 aliphatic rings. The number of rotatable bonds is 2. The van der Waals surface area contributed by atoms with Gasteiger partial charge in [-0.25, -0.2) is 4.79 Å². The van der Waals surface area contributed by atoms with Crippen LogP contribution >= 0.6 is 0 Å². The Morgan fingerprint density at radius 1 is 1.12 bits per heavy atom. The fraction of sp³-hybridized carbons (Fsp3) is 0.318. The number of ether oxygens (including phenoxy) is 1. The van der Waals surface area contributed by atoms with Gasteiger partial charge in [0.1, 0.15) is 11.4 Å². The van der Waals surface area contributed by atoms with E-state index in [4.69, 9.17) is 11.2 Å². The van der Waals surface area contributed by atoms with Gasteiger partial charge in [0.25, 0.3) is 0 Å². The Kier molecular flexibility index (Phi) is 3.88. The predicted molar refractivity (Wildman–Crippen MR) is 99.1 cm³/mol. The Balaban J connectivity index is 2.09. The molecule has 0 spiro atoms. The van der Waals surface area contributed by atoms with Crippen LogP contribution in [0, 0.1) is 12.3 Å². The molecule has 0 unspecified atom stereocenters. The van der Waals surface area contributed by atoms with Crippen molar-refractivity contribution >= 4 is 5.97 Å². The van der Waals surface area contributed by atoms with E-state index in [0.29, 0.717) is 5.56 Å². The minimum Gasteiger partial charge on any atom is -0.488 e. The van der Waals surface area contributed by atoms with E-state index in [1.54, 1.807) is 18.2 Å². The maximum Gasteiger partial charge on any atom is 0.336 e. The van der Waals surface area contributed by atoms with Crippen LogP contribution in [0.25, 0.3) is 11.1 Å². The van der Waals surface area contributed by atoms with Gasteiger partial charge >= 0.3 is 5.97 Å². The summed E-state index contributed by atoms with van der Waals surface area (Å²) in [7, 11) is 0. The molecule has 0 saturated carbocycles. The van der Waals surface area contributed by atoms with Gasteiger partial charge in [0.05, 0.1) is 5.56 Å². The summed E-state index contributed by atoms with van der Waals surface area (Å²) in [6, 6.07) is 11.2. The van der Waals surface area contributed by atoms with Crippen molar-refractivity contribution in [1.82, 2.24) is 0 Å². The van der Waals surface area contributed by atoms with Gasteiger partial charge < -0.3 is 9.84 Å². The van der Waals surface area contributed by atoms with Gasteiger partial charge in [0.2, 0.25) is 0 Å². The molecule has 0 saturated heterocycles. The van der Waals surface area contributed by atoms with Crippen molar-refractivity contribution in [3.8, 4) is 29.2 Å². The van der Waals surface area contributed by atoms with Gasteiger partial charge in [-0.15, -0.1) is 6.42 Å². The second kappa shape index (κ2) is 5.67. The molecule has 25 heavy (non-hydrogen) atoms. The third-order valence-corrected chi connectivity index (χ3v) is 4.70. The van der Waals surface area contributed by atoms with Crippen LogP contribution in [0.2, 0.25) is 0 Å². The lowest BCUT2D eigenvalue weighted by Crippen LogP contribution is -2.41. The molecule has 3 rings (SSSR count). The third-order valence-electron chi connectivity index (χ3n) is 4.70. The Hall–Kier alpha value is -2.73. The fourth-order valence-corrected chi connectivity index (χ4v) is 3.87. The summed E-state index contributed by atoms with van der Waals surface area (Å²) in [5, 5.41) is 9.22. The van der Waals surface area contributed by atoms with E-state index in [-0.39, 0.29) is 16.6 Å². The molecule has 1 aliphatic heterocycles. The Labute approximate surface area is 148 Å². The first-order valence-electron chi connectivity index (χ1n) is 8.31. The maximum absolute atomic E-state index is 11.2. The number of carbonyl (C=O) groups is 1. The van der Waals surface area contributed by atoms with Crippen LogP contribution in [-0.2, 0) is 5.41 Å². The van der Waals surface area contributed by atoms with E-state index in [1.165, 1.54) is 5.56 Å². The summed E-state index contributed by atoms with van der Waals surface area (Å²) in [5.74, 6) is 2.32. The van der Waals surface area contributed by atoms with Crippen molar-refractivity contribution in [2.75, 3.05) is 0 Å². The second-order valence-corrected chi connectivity index (χ2v) is 7.84. The monoisotopic (exact) mass is 334 g/mol. The molecule has 128 valence electrons. The summed E-state index contributed by atoms with van der Waals surface area (Å²) in [4.78, 5) is 11.2. The Bertz CT molecular complexity index is 898. The average Bonchev–Trinajstić information content (AvgIpc) is 2.51. The van der Waals surface area contributed by atoms with Gasteiger partial charge in [-0.2, -0.15) is 0 Å². The van der Waals surface area contributed by atoms with Crippen LogP contribution in [0.15, 0.2) is 36.4 Å². The lowest BCUT2D eigenvalue weighted by molar-refractivity contribution is 0.0534. The summed E-state index contributed by atoms with van der Waals surface area (Å²) < 4.78 is 6.20. The third kappa shape index (κ3) is 3.13. The largest absolute Gasteiger partial charge is 0.488 e. The summed E-state index contributed by atoms with van der Waals surface area (Å²) >= 11 is 0. The number of hydrogen-bond acceptors (Lipinski definition) is 2. The molecule has 3 nitrogen and oxygen atoms in total. The van der Waals surface area contributed by atoms with Gasteiger partial charge in [-0.1, -0.05) is 38.0 Å². The molecule has 0 aliphatic carbocycles. The first-order chi connectivity index (χ1) is 11.6. The lowest BCUT2D eigenvalue weighted by Gasteiger charge is -2.42. The molecule has 0 amide bonds. The number of terminal acetylenes is 1. The molecule has 0 atom stereocenters. The summed E-state index contributed by atoms with van der Waals surface area (Å²) in [6.07, 6.45) is 6.42. The van der Waals surface area contributed by atoms with Crippen molar-refractivity contribution in [3.63, 3.8) is 0 Å². The lowest BCUT2D eigenvalue weighted by atomic mass is 9.73. The smallest absolute Gasteiger partial charge is 0.336 e. The molecule has 0 fully saturated rings. The van der Waals surface area contributed by atoms with Crippen LogP contribution in [0.1, 0.15) is 55.6 Å². The number of aromatic carboxylic acids is 1. The highest BCUT2D eigenvalue weighted by molar-refractivity contribution is 5.91. The number of carboxylic acids is 1. The normalized spacial score (nSPS) is 17.1. The number of fused-ring (bicyclic) bond motifs is 1. The first-order valence-corrected chi connectivity index (χ1v) is 8.31. The van der Waals surface area contributed by atoms with Crippen LogP contribution in [0.3, 0.4) is 0 Å². The SMILES string of the molecule is C#Cc1cc(-c2ccc3c(c2)OC(C)(C)CC3(C)C)ccc1C(=O)O. The standard InChI is InChI=1S/C22H22O3/c1-6-14-11-15(7-9-17(14)20(23)24)16-8-10-18-19(12-16)25-22(4,5)13-21(18,2)3/h1,7-12H,13H2,2-5H3,(H,23,24). The molecular weight excluding hydrogens is 312 g/mol. The second-order valence-electron chi connectivity index (χ2n) is 7.84. The minimum atomic E-state index is -1.02. The number of hydrogen-bond donors (Lipinski definition) is 1. The molecule has 2 aromatic rings. The summed E-state index contributed by atoms with van der Waals surface area (Å²) in [5.41, 5.74) is 3.35. The van der Waals surface area contributed by atoms with E-state index in [0.717, 1.165) is 23.3 Å². The average molecular weight is 334 g/mol. The maximum atomic E-state index is 11.2. The highest BCUT2D eigenvalue weighted by atomic mass is 16.5. The number of benzene rings is 2. The van der Waals surface area contributed by atoms with Crippen molar-refractivity contribution < 1.29 is 14.6 Å².